The lowest BCUT2D eigenvalue weighted by Crippen LogP contribution is -2.12. The molecule has 0 unspecified atom stereocenters. The number of aryl methyl sites for hydroxylation is 1. The summed E-state index contributed by atoms with van der Waals surface area (Å²) in [5.74, 6) is 0.368. The van der Waals surface area contributed by atoms with E-state index in [1.807, 2.05) is 24.3 Å². The molecule has 20 heavy (non-hydrogen) atoms. The molecule has 1 aliphatic rings. The first kappa shape index (κ1) is 13.2. The number of rotatable bonds is 3. The lowest BCUT2D eigenvalue weighted by atomic mass is 10.0. The van der Waals surface area contributed by atoms with Gasteiger partial charge < -0.3 is 11.1 Å². The van der Waals surface area contributed by atoms with Gasteiger partial charge in [0.2, 0.25) is 5.91 Å². The van der Waals surface area contributed by atoms with E-state index in [9.17, 15) is 4.79 Å². The van der Waals surface area contributed by atoms with Crippen molar-refractivity contribution in [2.24, 2.45) is 5.92 Å². The normalized spacial score (nSPS) is 14.3. The molecule has 0 atom stereocenters. The fourth-order valence-corrected chi connectivity index (χ4v) is 3.28. The number of benzene rings is 1. The second-order valence-electron chi connectivity index (χ2n) is 5.36. The maximum absolute atomic E-state index is 11.7. The van der Waals surface area contributed by atoms with Crippen LogP contribution in [0.2, 0.25) is 0 Å². The zero-order valence-electron chi connectivity index (χ0n) is 11.7. The molecular formula is C16H18N2OS. The molecular weight excluding hydrogens is 268 g/mol. The van der Waals surface area contributed by atoms with E-state index in [2.05, 4.69) is 19.2 Å². The number of amides is 1. The number of thiophene rings is 1. The molecule has 1 fully saturated rings. The molecule has 2 aromatic rings. The molecule has 1 saturated carbocycles. The van der Waals surface area contributed by atoms with Gasteiger partial charge in [0.15, 0.2) is 0 Å². The van der Waals surface area contributed by atoms with Crippen LogP contribution in [0.1, 0.15) is 23.3 Å². The van der Waals surface area contributed by atoms with Crippen LogP contribution in [0, 0.1) is 19.8 Å². The quantitative estimate of drug-likeness (QED) is 0.897. The number of hydrogen-bond donors (Lipinski definition) is 2. The summed E-state index contributed by atoms with van der Waals surface area (Å²) >= 11 is 1.63. The maximum atomic E-state index is 11.7. The average Bonchev–Trinajstić information content (AvgIpc) is 3.21. The SMILES string of the molecule is Cc1sc(N)c(-c2ccc(NC(=O)C3CC3)cc2)c1C. The molecule has 1 aromatic carbocycles. The number of nitrogen functional groups attached to an aromatic ring is 1. The van der Waals surface area contributed by atoms with Crippen LogP contribution >= 0.6 is 11.3 Å². The second kappa shape index (κ2) is 4.94. The number of anilines is 2. The molecule has 0 saturated heterocycles. The van der Waals surface area contributed by atoms with Gasteiger partial charge in [-0.15, -0.1) is 11.3 Å². The molecule has 1 amide bonds. The molecule has 1 heterocycles. The Morgan fingerprint density at radius 3 is 2.40 bits per heavy atom. The molecule has 3 nitrogen and oxygen atoms in total. The van der Waals surface area contributed by atoms with E-state index in [1.54, 1.807) is 11.3 Å². The van der Waals surface area contributed by atoms with Crippen molar-refractivity contribution < 1.29 is 4.79 Å². The Kier molecular flexibility index (Phi) is 3.26. The van der Waals surface area contributed by atoms with E-state index in [0.29, 0.717) is 0 Å². The topological polar surface area (TPSA) is 55.1 Å². The van der Waals surface area contributed by atoms with Gasteiger partial charge in [-0.05, 0) is 49.9 Å². The average molecular weight is 286 g/mol. The zero-order valence-corrected chi connectivity index (χ0v) is 12.5. The summed E-state index contributed by atoms with van der Waals surface area (Å²) in [6, 6.07) is 7.93. The zero-order chi connectivity index (χ0) is 14.3. The van der Waals surface area contributed by atoms with Crippen molar-refractivity contribution in [2.45, 2.75) is 26.7 Å². The van der Waals surface area contributed by atoms with Crippen LogP contribution in [0.4, 0.5) is 10.7 Å². The first-order chi connectivity index (χ1) is 9.56. The van der Waals surface area contributed by atoms with Gasteiger partial charge in [0.1, 0.15) is 0 Å². The summed E-state index contributed by atoms with van der Waals surface area (Å²) < 4.78 is 0. The fraction of sp³-hybridized carbons (Fsp3) is 0.312. The highest BCUT2D eigenvalue weighted by Crippen LogP contribution is 2.38. The van der Waals surface area contributed by atoms with Crippen molar-refractivity contribution in [3.63, 3.8) is 0 Å². The number of nitrogens with one attached hydrogen (secondary N) is 1. The van der Waals surface area contributed by atoms with Gasteiger partial charge in [0.05, 0.1) is 5.00 Å². The Morgan fingerprint density at radius 1 is 1.25 bits per heavy atom. The van der Waals surface area contributed by atoms with Gasteiger partial charge in [0, 0.05) is 22.0 Å². The van der Waals surface area contributed by atoms with Gasteiger partial charge in [-0.3, -0.25) is 4.79 Å². The first-order valence-electron chi connectivity index (χ1n) is 6.83. The molecule has 1 aromatic heterocycles. The number of carbonyl (C=O) groups excluding carboxylic acids is 1. The molecule has 3 N–H and O–H groups in total. The van der Waals surface area contributed by atoms with Crippen LogP contribution in [0.3, 0.4) is 0 Å². The highest BCUT2D eigenvalue weighted by atomic mass is 32.1. The summed E-state index contributed by atoms with van der Waals surface area (Å²) in [7, 11) is 0. The van der Waals surface area contributed by atoms with Crippen LogP contribution in [-0.4, -0.2) is 5.91 Å². The summed E-state index contributed by atoms with van der Waals surface area (Å²) in [5.41, 5.74) is 10.4. The number of carbonyl (C=O) groups is 1. The summed E-state index contributed by atoms with van der Waals surface area (Å²) in [6.07, 6.45) is 2.04. The van der Waals surface area contributed by atoms with Crippen LogP contribution in [-0.2, 0) is 4.79 Å². The largest absolute Gasteiger partial charge is 0.390 e. The predicted molar refractivity (Wildman–Crippen MR) is 85.0 cm³/mol. The van der Waals surface area contributed by atoms with E-state index >= 15 is 0 Å². The van der Waals surface area contributed by atoms with Gasteiger partial charge in [-0.1, -0.05) is 12.1 Å². The highest BCUT2D eigenvalue weighted by molar-refractivity contribution is 7.16. The Morgan fingerprint density at radius 2 is 1.90 bits per heavy atom. The smallest absolute Gasteiger partial charge is 0.227 e. The van der Waals surface area contributed by atoms with Gasteiger partial charge in [0.25, 0.3) is 0 Å². The van der Waals surface area contributed by atoms with Gasteiger partial charge >= 0.3 is 0 Å². The summed E-state index contributed by atoms with van der Waals surface area (Å²) in [4.78, 5) is 13.0. The third kappa shape index (κ3) is 2.43. The van der Waals surface area contributed by atoms with Crippen molar-refractivity contribution >= 4 is 27.9 Å². The second-order valence-corrected chi connectivity index (χ2v) is 6.62. The Labute approximate surface area is 122 Å². The van der Waals surface area contributed by atoms with E-state index in [4.69, 9.17) is 5.73 Å². The summed E-state index contributed by atoms with van der Waals surface area (Å²) in [6.45, 7) is 4.18. The molecule has 1 aliphatic carbocycles. The molecule has 0 aliphatic heterocycles. The molecule has 3 rings (SSSR count). The number of nitrogens with two attached hydrogens (primary N) is 1. The molecule has 0 bridgehead atoms. The van der Waals surface area contributed by atoms with E-state index in [-0.39, 0.29) is 11.8 Å². The van der Waals surface area contributed by atoms with Gasteiger partial charge in [-0.2, -0.15) is 0 Å². The minimum atomic E-state index is 0.139. The fourth-order valence-electron chi connectivity index (χ4n) is 2.32. The van der Waals surface area contributed by atoms with E-state index < -0.39 is 0 Å². The molecule has 104 valence electrons. The summed E-state index contributed by atoms with van der Waals surface area (Å²) in [5, 5.41) is 3.81. The van der Waals surface area contributed by atoms with Crippen molar-refractivity contribution in [1.82, 2.24) is 0 Å². The van der Waals surface area contributed by atoms with Crippen molar-refractivity contribution in [1.29, 1.82) is 0 Å². The van der Waals surface area contributed by atoms with Crippen molar-refractivity contribution in [2.75, 3.05) is 11.1 Å². The van der Waals surface area contributed by atoms with Crippen LogP contribution in [0.5, 0.6) is 0 Å². The number of hydrogen-bond acceptors (Lipinski definition) is 3. The Bertz CT molecular complexity index is 654. The lowest BCUT2D eigenvalue weighted by Gasteiger charge is -2.07. The van der Waals surface area contributed by atoms with Crippen molar-refractivity contribution in [3.8, 4) is 11.1 Å². The molecule has 0 spiro atoms. The minimum absolute atomic E-state index is 0.139. The van der Waals surface area contributed by atoms with E-state index in [0.717, 1.165) is 34.7 Å². The van der Waals surface area contributed by atoms with Crippen molar-refractivity contribution in [3.05, 3.63) is 34.7 Å². The highest BCUT2D eigenvalue weighted by Gasteiger charge is 2.29. The van der Waals surface area contributed by atoms with Crippen LogP contribution in [0.25, 0.3) is 11.1 Å². The maximum Gasteiger partial charge on any atom is 0.227 e. The molecule has 4 heteroatoms. The minimum Gasteiger partial charge on any atom is -0.390 e. The molecule has 0 radical (unpaired) electrons. The monoisotopic (exact) mass is 286 g/mol. The Balaban J connectivity index is 1.83. The Hall–Kier alpha value is -1.81. The predicted octanol–water partition coefficient (Wildman–Crippen LogP) is 3.96. The lowest BCUT2D eigenvalue weighted by molar-refractivity contribution is -0.117. The van der Waals surface area contributed by atoms with Crippen LogP contribution in [0.15, 0.2) is 24.3 Å². The third-order valence-corrected chi connectivity index (χ3v) is 4.84. The van der Waals surface area contributed by atoms with E-state index in [1.165, 1.54) is 10.4 Å². The van der Waals surface area contributed by atoms with Gasteiger partial charge in [-0.25, -0.2) is 0 Å². The third-order valence-electron chi connectivity index (χ3n) is 3.80. The van der Waals surface area contributed by atoms with Crippen LogP contribution < -0.4 is 11.1 Å². The first-order valence-corrected chi connectivity index (χ1v) is 7.64. The standard InChI is InChI=1S/C16H18N2OS/c1-9-10(2)20-15(17)14(9)11-5-7-13(8-6-11)18-16(19)12-3-4-12/h5-8,12H,3-4,17H2,1-2H3,(H,18,19).